The molecule has 0 radical (unpaired) electrons. The lowest BCUT2D eigenvalue weighted by atomic mass is 10.0. The Morgan fingerprint density at radius 1 is 0.774 bits per heavy atom. The van der Waals surface area contributed by atoms with Crippen LogP contribution in [0.15, 0.2) is 30.9 Å². The third-order valence-corrected chi connectivity index (χ3v) is 5.69. The topological polar surface area (TPSA) is 47.9 Å². The molecule has 2 heterocycles. The number of ether oxygens (including phenoxy) is 1. The van der Waals surface area contributed by atoms with E-state index in [4.69, 9.17) is 4.74 Å². The molecule has 172 valence electrons. The third-order valence-electron chi connectivity index (χ3n) is 5.69. The van der Waals surface area contributed by atoms with Gasteiger partial charge in [-0.15, -0.1) is 0 Å². The van der Waals surface area contributed by atoms with Crippen molar-refractivity contribution in [3.05, 3.63) is 36.4 Å². The zero-order valence-electron chi connectivity index (χ0n) is 20.1. The van der Waals surface area contributed by atoms with Crippen molar-refractivity contribution >= 4 is 0 Å². The molecule has 0 amide bonds. The second-order valence-electron chi connectivity index (χ2n) is 9.14. The van der Waals surface area contributed by atoms with Crippen molar-refractivity contribution in [2.45, 2.75) is 104 Å². The van der Waals surface area contributed by atoms with E-state index in [1.165, 1.54) is 76.2 Å². The van der Waals surface area contributed by atoms with E-state index < -0.39 is 0 Å². The van der Waals surface area contributed by atoms with Crippen molar-refractivity contribution < 1.29 is 4.74 Å². The summed E-state index contributed by atoms with van der Waals surface area (Å²) in [6.45, 7) is 7.59. The normalized spacial score (nSPS) is 11.2. The molecule has 2 aromatic heterocycles. The van der Waals surface area contributed by atoms with Gasteiger partial charge < -0.3 is 4.74 Å². The molecule has 2 rings (SSSR count). The van der Waals surface area contributed by atoms with Gasteiger partial charge >= 0.3 is 0 Å². The minimum atomic E-state index is 0.717. The van der Waals surface area contributed by atoms with Gasteiger partial charge in [0.05, 0.1) is 19.0 Å². The van der Waals surface area contributed by atoms with Crippen molar-refractivity contribution in [3.63, 3.8) is 0 Å². The summed E-state index contributed by atoms with van der Waals surface area (Å²) < 4.78 is 5.82. The Morgan fingerprint density at radius 3 is 2.19 bits per heavy atom. The van der Waals surface area contributed by atoms with E-state index in [0.717, 1.165) is 42.5 Å². The Hall–Kier alpha value is -1.97. The van der Waals surface area contributed by atoms with Gasteiger partial charge in [-0.2, -0.15) is 0 Å². The Kier molecular flexibility index (Phi) is 12.9. The SMILES string of the molecule is CCCCCCCCc1cncc(-c2ncc(OCCCCCCCC(C)C)cn2)c1. The summed E-state index contributed by atoms with van der Waals surface area (Å²) in [6, 6.07) is 2.17. The molecular weight excluding hydrogens is 382 g/mol. The molecule has 0 spiro atoms. The Labute approximate surface area is 190 Å². The van der Waals surface area contributed by atoms with Crippen molar-refractivity contribution in [1.82, 2.24) is 15.0 Å². The monoisotopic (exact) mass is 425 g/mol. The van der Waals surface area contributed by atoms with Crippen molar-refractivity contribution in [3.8, 4) is 17.1 Å². The number of aryl methyl sites for hydroxylation is 1. The summed E-state index contributed by atoms with van der Waals surface area (Å²) in [5.41, 5.74) is 2.25. The van der Waals surface area contributed by atoms with Crippen molar-refractivity contribution in [1.29, 1.82) is 0 Å². The number of pyridine rings is 1. The second-order valence-corrected chi connectivity index (χ2v) is 9.14. The molecule has 0 atom stereocenters. The van der Waals surface area contributed by atoms with Crippen LogP contribution in [0.4, 0.5) is 0 Å². The number of nitrogens with zero attached hydrogens (tertiary/aromatic N) is 3. The Bertz CT molecular complexity index is 700. The molecule has 0 aliphatic carbocycles. The fraction of sp³-hybridized carbons (Fsp3) is 0.667. The quantitative estimate of drug-likeness (QED) is 0.242. The summed E-state index contributed by atoms with van der Waals surface area (Å²) in [7, 11) is 0. The molecule has 0 aliphatic heterocycles. The van der Waals surface area contributed by atoms with Crippen LogP contribution in [0, 0.1) is 5.92 Å². The molecule has 0 unspecified atom stereocenters. The highest BCUT2D eigenvalue weighted by molar-refractivity contribution is 5.54. The number of hydrogen-bond donors (Lipinski definition) is 0. The van der Waals surface area contributed by atoms with E-state index in [0.29, 0.717) is 0 Å². The van der Waals surface area contributed by atoms with Crippen LogP contribution in [0.3, 0.4) is 0 Å². The number of hydrogen-bond acceptors (Lipinski definition) is 4. The van der Waals surface area contributed by atoms with Crippen LogP contribution in [0.25, 0.3) is 11.4 Å². The lowest BCUT2D eigenvalue weighted by molar-refractivity contribution is 0.302. The van der Waals surface area contributed by atoms with Gasteiger partial charge in [0.25, 0.3) is 0 Å². The fourth-order valence-corrected chi connectivity index (χ4v) is 3.77. The van der Waals surface area contributed by atoms with Crippen molar-refractivity contribution in [2.75, 3.05) is 6.61 Å². The fourth-order valence-electron chi connectivity index (χ4n) is 3.77. The molecule has 2 aromatic rings. The average Bonchev–Trinajstić information content (AvgIpc) is 2.78. The predicted molar refractivity (Wildman–Crippen MR) is 130 cm³/mol. The predicted octanol–water partition coefficient (Wildman–Crippen LogP) is 7.82. The Balaban J connectivity index is 1.67. The van der Waals surface area contributed by atoms with Crippen LogP contribution in [-0.4, -0.2) is 21.6 Å². The van der Waals surface area contributed by atoms with E-state index in [-0.39, 0.29) is 0 Å². The first-order valence-electron chi connectivity index (χ1n) is 12.6. The minimum Gasteiger partial charge on any atom is -0.490 e. The molecule has 4 nitrogen and oxygen atoms in total. The van der Waals surface area contributed by atoms with E-state index in [1.807, 2.05) is 12.4 Å². The maximum Gasteiger partial charge on any atom is 0.160 e. The van der Waals surface area contributed by atoms with Gasteiger partial charge in [0.15, 0.2) is 11.6 Å². The third kappa shape index (κ3) is 11.3. The summed E-state index contributed by atoms with van der Waals surface area (Å²) in [5.74, 6) is 2.29. The van der Waals surface area contributed by atoms with Crippen LogP contribution < -0.4 is 4.74 Å². The highest BCUT2D eigenvalue weighted by Crippen LogP contribution is 2.19. The summed E-state index contributed by atoms with van der Waals surface area (Å²) >= 11 is 0. The molecule has 0 bridgehead atoms. The van der Waals surface area contributed by atoms with Crippen LogP contribution >= 0.6 is 0 Å². The molecule has 0 aromatic carbocycles. The van der Waals surface area contributed by atoms with Gasteiger partial charge in [-0.05, 0) is 36.8 Å². The van der Waals surface area contributed by atoms with Gasteiger partial charge in [-0.25, -0.2) is 9.97 Å². The largest absolute Gasteiger partial charge is 0.490 e. The van der Waals surface area contributed by atoms with Gasteiger partial charge in [0.2, 0.25) is 0 Å². The molecule has 0 aliphatic rings. The lowest BCUT2D eigenvalue weighted by Crippen LogP contribution is -1.99. The zero-order valence-corrected chi connectivity index (χ0v) is 20.1. The number of unbranched alkanes of at least 4 members (excludes halogenated alkanes) is 9. The van der Waals surface area contributed by atoms with Crippen LogP contribution in [0.5, 0.6) is 5.75 Å². The van der Waals surface area contributed by atoms with Gasteiger partial charge in [0, 0.05) is 18.0 Å². The highest BCUT2D eigenvalue weighted by atomic mass is 16.5. The second kappa shape index (κ2) is 15.8. The molecule has 0 fully saturated rings. The standard InChI is InChI=1S/C27H43N3O/c1-4-5-6-7-10-13-16-24-18-25(20-28-19-24)27-29-21-26(22-30-27)31-17-14-11-8-9-12-15-23(2)3/h18-23H,4-17H2,1-3H3. The molecule has 0 saturated carbocycles. The zero-order chi connectivity index (χ0) is 22.2. The first-order valence-corrected chi connectivity index (χ1v) is 12.6. The highest BCUT2D eigenvalue weighted by Gasteiger charge is 2.05. The minimum absolute atomic E-state index is 0.717. The summed E-state index contributed by atoms with van der Waals surface area (Å²) in [4.78, 5) is 13.4. The first-order chi connectivity index (χ1) is 15.2. The van der Waals surface area contributed by atoms with Crippen LogP contribution in [0.2, 0.25) is 0 Å². The van der Waals surface area contributed by atoms with Crippen LogP contribution in [0.1, 0.15) is 103 Å². The first kappa shape index (κ1) is 25.3. The Morgan fingerprint density at radius 2 is 1.45 bits per heavy atom. The molecule has 4 heteroatoms. The number of rotatable bonds is 17. The van der Waals surface area contributed by atoms with Crippen LogP contribution in [-0.2, 0) is 6.42 Å². The summed E-state index contributed by atoms with van der Waals surface area (Å²) in [6.07, 6.45) is 24.0. The van der Waals surface area contributed by atoms with E-state index in [9.17, 15) is 0 Å². The van der Waals surface area contributed by atoms with Gasteiger partial charge in [0.1, 0.15) is 0 Å². The smallest absolute Gasteiger partial charge is 0.160 e. The molecule has 0 saturated heterocycles. The number of aromatic nitrogens is 3. The maximum absolute atomic E-state index is 5.82. The molecular formula is C27H43N3O. The molecule has 0 N–H and O–H groups in total. The summed E-state index contributed by atoms with van der Waals surface area (Å²) in [5, 5.41) is 0. The van der Waals surface area contributed by atoms with Gasteiger partial charge in [-0.3, -0.25) is 4.98 Å². The van der Waals surface area contributed by atoms with E-state index in [1.54, 1.807) is 12.4 Å². The average molecular weight is 426 g/mol. The van der Waals surface area contributed by atoms with E-state index in [2.05, 4.69) is 41.8 Å². The molecule has 31 heavy (non-hydrogen) atoms. The van der Waals surface area contributed by atoms with E-state index >= 15 is 0 Å². The maximum atomic E-state index is 5.82. The van der Waals surface area contributed by atoms with Crippen molar-refractivity contribution in [2.24, 2.45) is 5.92 Å². The lowest BCUT2D eigenvalue weighted by Gasteiger charge is -2.07. The van der Waals surface area contributed by atoms with Gasteiger partial charge in [-0.1, -0.05) is 85.0 Å².